The van der Waals surface area contributed by atoms with Crippen LogP contribution in [0.15, 0.2) is 48.2 Å². The van der Waals surface area contributed by atoms with Gasteiger partial charge in [-0.15, -0.1) is 0 Å². The zero-order valence-electron chi connectivity index (χ0n) is 15.6. The van der Waals surface area contributed by atoms with Crippen molar-refractivity contribution in [3.05, 3.63) is 64.3 Å². The summed E-state index contributed by atoms with van der Waals surface area (Å²) < 4.78 is 0. The number of rotatable bonds is 5. The monoisotopic (exact) mass is 385 g/mol. The normalized spacial score (nSPS) is 15.3. The van der Waals surface area contributed by atoms with E-state index in [-0.39, 0.29) is 18.4 Å². The summed E-state index contributed by atoms with van der Waals surface area (Å²) in [7, 11) is 0. The Morgan fingerprint density at radius 2 is 2.11 bits per heavy atom. The van der Waals surface area contributed by atoms with Crippen molar-refractivity contribution in [2.24, 2.45) is 0 Å². The largest absolute Gasteiger partial charge is 0.396 e. The molecule has 0 fully saturated rings. The van der Waals surface area contributed by atoms with Gasteiger partial charge in [0.05, 0.1) is 5.02 Å². The molecule has 1 aromatic heterocycles. The minimum atomic E-state index is -0.0651. The molecule has 0 spiro atoms. The fourth-order valence-electron chi connectivity index (χ4n) is 2.97. The van der Waals surface area contributed by atoms with Crippen LogP contribution in [-0.4, -0.2) is 35.7 Å². The average Bonchev–Trinajstić information content (AvgIpc) is 2.69. The molecular weight excluding hydrogens is 362 g/mol. The molecule has 1 amide bonds. The summed E-state index contributed by atoms with van der Waals surface area (Å²) in [6.45, 7) is 5.26. The van der Waals surface area contributed by atoms with Gasteiger partial charge in [-0.05, 0) is 37.1 Å². The number of hydrogen-bond acceptors (Lipinski definition) is 4. The molecule has 0 aliphatic carbocycles. The fourth-order valence-corrected chi connectivity index (χ4v) is 3.26. The Hall–Kier alpha value is -2.37. The van der Waals surface area contributed by atoms with Crippen LogP contribution in [0, 0.1) is 6.92 Å². The Labute approximate surface area is 164 Å². The zero-order chi connectivity index (χ0) is 19.4. The molecule has 2 N–H and O–H groups in total. The number of aryl methyl sites for hydroxylation is 1. The van der Waals surface area contributed by atoms with Crippen molar-refractivity contribution in [3.8, 4) is 0 Å². The van der Waals surface area contributed by atoms with Crippen LogP contribution in [0.25, 0.3) is 0 Å². The second-order valence-electron chi connectivity index (χ2n) is 6.90. The maximum Gasteiger partial charge on any atom is 0.251 e. The molecule has 0 bridgehead atoms. The van der Waals surface area contributed by atoms with Crippen molar-refractivity contribution in [1.29, 1.82) is 0 Å². The third-order valence-corrected chi connectivity index (χ3v) is 5.07. The first-order valence-electron chi connectivity index (χ1n) is 9.06. The number of anilines is 2. The maximum atomic E-state index is 12.5. The van der Waals surface area contributed by atoms with E-state index in [0.717, 1.165) is 22.4 Å². The molecule has 1 aliphatic heterocycles. The Bertz CT molecular complexity index is 849. The molecule has 2 heterocycles. The van der Waals surface area contributed by atoms with E-state index in [2.05, 4.69) is 15.2 Å². The SMILES string of the molecule is Cc1ccc(NC(=O)C2=CCN(c3ncc(C(C)CO)cc3Cl)CC2)cc1. The highest BCUT2D eigenvalue weighted by Gasteiger charge is 2.20. The van der Waals surface area contributed by atoms with Crippen molar-refractivity contribution in [1.82, 2.24) is 4.98 Å². The number of nitrogens with zero attached hydrogens (tertiary/aromatic N) is 2. The first-order chi connectivity index (χ1) is 13.0. The van der Waals surface area contributed by atoms with E-state index in [0.29, 0.717) is 30.4 Å². The van der Waals surface area contributed by atoms with Gasteiger partial charge in [-0.1, -0.05) is 42.3 Å². The van der Waals surface area contributed by atoms with E-state index in [9.17, 15) is 9.90 Å². The molecule has 3 rings (SSSR count). The average molecular weight is 386 g/mol. The lowest BCUT2D eigenvalue weighted by Gasteiger charge is -2.28. The number of benzene rings is 1. The lowest BCUT2D eigenvalue weighted by Crippen LogP contribution is -2.32. The number of hydrogen-bond donors (Lipinski definition) is 2. The predicted octanol–water partition coefficient (Wildman–Crippen LogP) is 3.91. The third-order valence-electron chi connectivity index (χ3n) is 4.80. The van der Waals surface area contributed by atoms with E-state index in [1.54, 1.807) is 6.20 Å². The maximum absolute atomic E-state index is 12.5. The van der Waals surface area contributed by atoms with E-state index in [1.807, 2.05) is 50.3 Å². The van der Waals surface area contributed by atoms with Gasteiger partial charge in [0.15, 0.2) is 0 Å². The molecule has 6 heteroatoms. The van der Waals surface area contributed by atoms with Crippen molar-refractivity contribution >= 4 is 29.0 Å². The number of carbonyl (C=O) groups excluding carboxylic acids is 1. The molecule has 1 atom stereocenters. The minimum Gasteiger partial charge on any atom is -0.396 e. The summed E-state index contributed by atoms with van der Waals surface area (Å²) in [6, 6.07) is 9.61. The fraction of sp³-hybridized carbons (Fsp3) is 0.333. The molecule has 1 aliphatic rings. The van der Waals surface area contributed by atoms with Crippen molar-refractivity contribution in [2.45, 2.75) is 26.2 Å². The molecular formula is C21H24ClN3O2. The van der Waals surface area contributed by atoms with Crippen LogP contribution in [0.2, 0.25) is 5.02 Å². The summed E-state index contributed by atoms with van der Waals surface area (Å²) in [6.07, 6.45) is 4.31. The van der Waals surface area contributed by atoms with E-state index < -0.39 is 0 Å². The highest BCUT2D eigenvalue weighted by molar-refractivity contribution is 6.33. The number of amides is 1. The Kier molecular flexibility index (Phi) is 6.14. The summed E-state index contributed by atoms with van der Waals surface area (Å²) in [5.41, 5.74) is 3.64. The van der Waals surface area contributed by atoms with Crippen LogP contribution in [0.3, 0.4) is 0 Å². The van der Waals surface area contributed by atoms with Crippen LogP contribution in [-0.2, 0) is 4.79 Å². The van der Waals surface area contributed by atoms with Gasteiger partial charge in [-0.3, -0.25) is 4.79 Å². The first-order valence-corrected chi connectivity index (χ1v) is 9.44. The molecule has 0 saturated carbocycles. The summed E-state index contributed by atoms with van der Waals surface area (Å²) in [4.78, 5) is 19.0. The summed E-state index contributed by atoms with van der Waals surface area (Å²) >= 11 is 6.40. The molecule has 27 heavy (non-hydrogen) atoms. The number of pyridine rings is 1. The molecule has 0 saturated heterocycles. The van der Waals surface area contributed by atoms with Crippen LogP contribution in [0.5, 0.6) is 0 Å². The molecule has 2 aromatic rings. The van der Waals surface area contributed by atoms with Crippen molar-refractivity contribution < 1.29 is 9.90 Å². The lowest BCUT2D eigenvalue weighted by molar-refractivity contribution is -0.113. The Morgan fingerprint density at radius 3 is 2.70 bits per heavy atom. The van der Waals surface area contributed by atoms with Crippen LogP contribution in [0.4, 0.5) is 11.5 Å². The number of carbonyl (C=O) groups is 1. The van der Waals surface area contributed by atoms with Gasteiger partial charge in [-0.25, -0.2) is 4.98 Å². The first kappa shape index (κ1) is 19.4. The highest BCUT2D eigenvalue weighted by atomic mass is 35.5. The number of halogens is 1. The van der Waals surface area contributed by atoms with E-state index in [4.69, 9.17) is 11.6 Å². The second-order valence-corrected chi connectivity index (χ2v) is 7.31. The van der Waals surface area contributed by atoms with Crippen LogP contribution < -0.4 is 10.2 Å². The lowest BCUT2D eigenvalue weighted by atomic mass is 10.0. The molecule has 142 valence electrons. The standard InChI is InChI=1S/C21H24ClN3O2/c1-14-3-5-18(6-4-14)24-21(27)16-7-9-25(10-8-16)20-19(22)11-17(12-23-20)15(2)13-26/h3-7,11-12,15,26H,8-10,13H2,1-2H3,(H,24,27). The third kappa shape index (κ3) is 4.67. The van der Waals surface area contributed by atoms with Gasteiger partial charge >= 0.3 is 0 Å². The Morgan fingerprint density at radius 1 is 1.37 bits per heavy atom. The molecule has 1 aromatic carbocycles. The van der Waals surface area contributed by atoms with Crippen LogP contribution >= 0.6 is 11.6 Å². The quantitative estimate of drug-likeness (QED) is 0.818. The number of aliphatic hydroxyl groups is 1. The van der Waals surface area contributed by atoms with Crippen LogP contribution in [0.1, 0.15) is 30.4 Å². The predicted molar refractivity (Wildman–Crippen MR) is 109 cm³/mol. The zero-order valence-corrected chi connectivity index (χ0v) is 16.3. The second kappa shape index (κ2) is 8.55. The van der Waals surface area contributed by atoms with E-state index in [1.165, 1.54) is 0 Å². The smallest absolute Gasteiger partial charge is 0.251 e. The molecule has 0 radical (unpaired) electrons. The van der Waals surface area contributed by atoms with Gasteiger partial charge in [0.1, 0.15) is 5.82 Å². The topological polar surface area (TPSA) is 65.5 Å². The van der Waals surface area contributed by atoms with Gasteiger partial charge < -0.3 is 15.3 Å². The van der Waals surface area contributed by atoms with Gasteiger partial charge in [-0.2, -0.15) is 0 Å². The number of aliphatic hydroxyl groups excluding tert-OH is 1. The van der Waals surface area contributed by atoms with E-state index >= 15 is 0 Å². The van der Waals surface area contributed by atoms with Crippen molar-refractivity contribution in [2.75, 3.05) is 29.9 Å². The highest BCUT2D eigenvalue weighted by Crippen LogP contribution is 2.29. The minimum absolute atomic E-state index is 0.00220. The number of aromatic nitrogens is 1. The number of nitrogens with one attached hydrogen (secondary N) is 1. The van der Waals surface area contributed by atoms with Gasteiger partial charge in [0.2, 0.25) is 0 Å². The Balaban J connectivity index is 1.65. The van der Waals surface area contributed by atoms with Crippen molar-refractivity contribution in [3.63, 3.8) is 0 Å². The summed E-state index contributed by atoms with van der Waals surface area (Å²) in [5, 5.41) is 12.8. The van der Waals surface area contributed by atoms with Gasteiger partial charge in [0, 0.05) is 43.1 Å². The summed E-state index contributed by atoms with van der Waals surface area (Å²) in [5.74, 6) is 0.645. The molecule has 5 nitrogen and oxygen atoms in total. The molecule has 1 unspecified atom stereocenters. The van der Waals surface area contributed by atoms with Gasteiger partial charge in [0.25, 0.3) is 5.91 Å².